The number of ketones is 1. The minimum absolute atomic E-state index is 0.00102. The van der Waals surface area contributed by atoms with Gasteiger partial charge < -0.3 is 29.9 Å². The predicted octanol–water partition coefficient (Wildman–Crippen LogP) is 1.20. The van der Waals surface area contributed by atoms with Gasteiger partial charge in [-0.2, -0.15) is 0 Å². The Morgan fingerprint density at radius 3 is 2.41 bits per heavy atom. The smallest absolute Gasteiger partial charge is 0.333 e. The van der Waals surface area contributed by atoms with Crippen molar-refractivity contribution in [3.63, 3.8) is 0 Å². The molecule has 2 aromatic carbocycles. The molecule has 3 rings (SSSR count). The van der Waals surface area contributed by atoms with Gasteiger partial charge >= 0.3 is 5.97 Å². The first-order chi connectivity index (χ1) is 13.8. The molecule has 0 spiro atoms. The van der Waals surface area contributed by atoms with Crippen molar-refractivity contribution in [3.05, 3.63) is 71.8 Å². The molecule has 0 radical (unpaired) electrons. The van der Waals surface area contributed by atoms with E-state index in [9.17, 15) is 24.9 Å². The van der Waals surface area contributed by atoms with E-state index in [-0.39, 0.29) is 11.3 Å². The van der Waals surface area contributed by atoms with Crippen LogP contribution in [0, 0.1) is 0 Å². The monoisotopic (exact) mass is 400 g/mol. The molecule has 0 amide bonds. The SMILES string of the molecule is O=C(/C=C/c1ccccc1)c1ccccc1OC1OC(C(=O)O)CC(O)(O)C1O. The number of ether oxygens (including phenoxy) is 2. The van der Waals surface area contributed by atoms with Gasteiger partial charge in [-0.1, -0.05) is 48.5 Å². The van der Waals surface area contributed by atoms with Crippen molar-refractivity contribution in [2.75, 3.05) is 0 Å². The molecule has 2 aromatic rings. The Morgan fingerprint density at radius 2 is 1.72 bits per heavy atom. The Balaban J connectivity index is 1.82. The van der Waals surface area contributed by atoms with Crippen LogP contribution in [-0.2, 0) is 9.53 Å². The number of rotatable bonds is 6. The highest BCUT2D eigenvalue weighted by Gasteiger charge is 2.50. The molecular formula is C21H20O8. The van der Waals surface area contributed by atoms with Crippen LogP contribution < -0.4 is 4.74 Å². The molecule has 8 nitrogen and oxygen atoms in total. The highest BCUT2D eigenvalue weighted by atomic mass is 16.7. The van der Waals surface area contributed by atoms with Crippen molar-refractivity contribution in [3.8, 4) is 5.75 Å². The maximum atomic E-state index is 12.6. The van der Waals surface area contributed by atoms with E-state index >= 15 is 0 Å². The van der Waals surface area contributed by atoms with Crippen LogP contribution >= 0.6 is 0 Å². The molecule has 29 heavy (non-hydrogen) atoms. The summed E-state index contributed by atoms with van der Waals surface area (Å²) in [7, 11) is 0. The number of aliphatic hydroxyl groups excluding tert-OH is 1. The number of carboxylic acid groups (broad SMARTS) is 1. The molecule has 0 aliphatic carbocycles. The van der Waals surface area contributed by atoms with E-state index < -0.39 is 42.5 Å². The third-order valence-electron chi connectivity index (χ3n) is 4.41. The fourth-order valence-corrected chi connectivity index (χ4v) is 2.86. The van der Waals surface area contributed by atoms with E-state index in [0.717, 1.165) is 5.56 Å². The predicted molar refractivity (Wildman–Crippen MR) is 101 cm³/mol. The average Bonchev–Trinajstić information content (AvgIpc) is 2.70. The van der Waals surface area contributed by atoms with Crippen molar-refractivity contribution in [1.29, 1.82) is 0 Å². The minimum atomic E-state index is -2.72. The third kappa shape index (κ3) is 4.87. The van der Waals surface area contributed by atoms with Crippen molar-refractivity contribution in [1.82, 2.24) is 0 Å². The van der Waals surface area contributed by atoms with Gasteiger partial charge in [-0.15, -0.1) is 0 Å². The largest absolute Gasteiger partial charge is 0.479 e. The van der Waals surface area contributed by atoms with Crippen molar-refractivity contribution < 1.29 is 39.5 Å². The number of carbonyl (C=O) groups is 2. The number of aliphatic hydroxyl groups is 3. The molecule has 1 heterocycles. The minimum Gasteiger partial charge on any atom is -0.479 e. The Hall–Kier alpha value is -3.04. The Labute approximate surface area is 166 Å². The van der Waals surface area contributed by atoms with E-state index in [0.29, 0.717) is 0 Å². The maximum absolute atomic E-state index is 12.6. The molecule has 0 aromatic heterocycles. The Kier molecular flexibility index (Phi) is 6.09. The average molecular weight is 400 g/mol. The Morgan fingerprint density at radius 1 is 1.07 bits per heavy atom. The highest BCUT2D eigenvalue weighted by molar-refractivity contribution is 6.08. The fraction of sp³-hybridized carbons (Fsp3) is 0.238. The second-order valence-corrected chi connectivity index (χ2v) is 6.58. The van der Waals surface area contributed by atoms with Crippen LogP contribution in [0.25, 0.3) is 6.08 Å². The van der Waals surface area contributed by atoms with Crippen LogP contribution in [0.3, 0.4) is 0 Å². The van der Waals surface area contributed by atoms with Gasteiger partial charge in [-0.25, -0.2) is 4.79 Å². The molecule has 8 heteroatoms. The molecule has 4 N–H and O–H groups in total. The fourth-order valence-electron chi connectivity index (χ4n) is 2.86. The second-order valence-electron chi connectivity index (χ2n) is 6.58. The summed E-state index contributed by atoms with van der Waals surface area (Å²) in [5.74, 6) is -4.56. The van der Waals surface area contributed by atoms with Crippen LogP contribution in [0.2, 0.25) is 0 Å². The summed E-state index contributed by atoms with van der Waals surface area (Å²) in [6.07, 6.45) is -3.01. The zero-order chi connectivity index (χ0) is 21.0. The van der Waals surface area contributed by atoms with Crippen LogP contribution in [0.1, 0.15) is 22.3 Å². The number of aliphatic carboxylic acids is 1. The van der Waals surface area contributed by atoms with Crippen LogP contribution in [0.15, 0.2) is 60.7 Å². The third-order valence-corrected chi connectivity index (χ3v) is 4.41. The number of para-hydroxylation sites is 1. The summed E-state index contributed by atoms with van der Waals surface area (Å²) < 4.78 is 10.6. The van der Waals surface area contributed by atoms with Crippen LogP contribution in [0.5, 0.6) is 5.75 Å². The van der Waals surface area contributed by atoms with Crippen molar-refractivity contribution >= 4 is 17.8 Å². The molecule has 0 saturated carbocycles. The van der Waals surface area contributed by atoms with Gasteiger partial charge in [0.05, 0.1) is 5.56 Å². The van der Waals surface area contributed by atoms with Gasteiger partial charge in [0.25, 0.3) is 0 Å². The quantitative estimate of drug-likeness (QED) is 0.323. The van der Waals surface area contributed by atoms with E-state index in [2.05, 4.69) is 0 Å². The first-order valence-electron chi connectivity index (χ1n) is 8.82. The topological polar surface area (TPSA) is 134 Å². The zero-order valence-electron chi connectivity index (χ0n) is 15.2. The van der Waals surface area contributed by atoms with E-state index in [4.69, 9.17) is 14.6 Å². The molecule has 0 bridgehead atoms. The number of carboxylic acids is 1. The van der Waals surface area contributed by atoms with Gasteiger partial charge in [0.15, 0.2) is 23.8 Å². The van der Waals surface area contributed by atoms with Crippen molar-refractivity contribution in [2.45, 2.75) is 30.7 Å². The zero-order valence-corrected chi connectivity index (χ0v) is 15.2. The lowest BCUT2D eigenvalue weighted by Crippen LogP contribution is -2.60. The summed E-state index contributed by atoms with van der Waals surface area (Å²) in [5.41, 5.74) is 0.953. The van der Waals surface area contributed by atoms with Gasteiger partial charge in [0, 0.05) is 6.42 Å². The molecule has 152 valence electrons. The highest BCUT2D eigenvalue weighted by Crippen LogP contribution is 2.31. The second kappa shape index (κ2) is 8.54. The molecular weight excluding hydrogens is 380 g/mol. The Bertz CT molecular complexity index is 906. The molecule has 3 unspecified atom stereocenters. The summed E-state index contributed by atoms with van der Waals surface area (Å²) in [6, 6.07) is 15.3. The van der Waals surface area contributed by atoms with Gasteiger partial charge in [0.1, 0.15) is 5.75 Å². The number of allylic oxidation sites excluding steroid dienone is 1. The van der Waals surface area contributed by atoms with Gasteiger partial charge in [-0.3, -0.25) is 4.79 Å². The standard InChI is InChI=1S/C21H20O8/c22-15(11-10-13-6-2-1-3-7-13)14-8-4-5-9-16(14)28-20-18(23)21(26,27)12-17(29-20)19(24)25/h1-11,17-18,20,23,26-27H,12H2,(H,24,25)/b11-10+. The summed E-state index contributed by atoms with van der Waals surface area (Å²) in [6.45, 7) is 0. The van der Waals surface area contributed by atoms with E-state index in [1.807, 2.05) is 30.3 Å². The number of carbonyl (C=O) groups excluding carboxylic acids is 1. The molecule has 1 fully saturated rings. The molecule has 3 atom stereocenters. The molecule has 1 saturated heterocycles. The molecule has 1 aliphatic heterocycles. The summed E-state index contributed by atoms with van der Waals surface area (Å²) in [5, 5.41) is 39.0. The van der Waals surface area contributed by atoms with Gasteiger partial charge in [-0.05, 0) is 23.8 Å². The number of hydrogen-bond acceptors (Lipinski definition) is 7. The van der Waals surface area contributed by atoms with Crippen LogP contribution in [0.4, 0.5) is 0 Å². The maximum Gasteiger partial charge on any atom is 0.333 e. The lowest BCUT2D eigenvalue weighted by Gasteiger charge is -2.40. The van der Waals surface area contributed by atoms with Crippen LogP contribution in [-0.4, -0.2) is 56.5 Å². The molecule has 1 aliphatic rings. The summed E-state index contributed by atoms with van der Waals surface area (Å²) in [4.78, 5) is 23.8. The van der Waals surface area contributed by atoms with Gasteiger partial charge in [0.2, 0.25) is 6.29 Å². The van der Waals surface area contributed by atoms with Crippen molar-refractivity contribution in [2.24, 2.45) is 0 Å². The number of hydrogen-bond donors (Lipinski definition) is 4. The lowest BCUT2D eigenvalue weighted by molar-refractivity contribution is -0.331. The summed E-state index contributed by atoms with van der Waals surface area (Å²) >= 11 is 0. The number of benzene rings is 2. The van der Waals surface area contributed by atoms with E-state index in [1.54, 1.807) is 18.2 Å². The van der Waals surface area contributed by atoms with E-state index in [1.165, 1.54) is 18.2 Å². The first-order valence-corrected chi connectivity index (χ1v) is 8.82. The first kappa shape index (κ1) is 20.7. The lowest BCUT2D eigenvalue weighted by atomic mass is 9.98. The normalized spacial score (nSPS) is 23.6.